The number of aromatic nitrogens is 1. The fourth-order valence-corrected chi connectivity index (χ4v) is 3.96. The number of aryl methyl sites for hydroxylation is 1. The molecule has 0 unspecified atom stereocenters. The van der Waals surface area contributed by atoms with Gasteiger partial charge in [0.25, 0.3) is 0 Å². The van der Waals surface area contributed by atoms with Gasteiger partial charge in [-0.25, -0.2) is 18.0 Å². The largest absolute Gasteiger partial charge is 0.741 e. The van der Waals surface area contributed by atoms with Crippen LogP contribution in [0.1, 0.15) is 15.9 Å². The van der Waals surface area contributed by atoms with Crippen molar-refractivity contribution in [3.63, 3.8) is 0 Å². The fraction of sp³-hybridized carbons (Fsp3) is 0.125. The number of carboxylic acids is 1. The van der Waals surface area contributed by atoms with Crippen LogP contribution in [0.5, 0.6) is 5.75 Å². The van der Waals surface area contributed by atoms with Crippen LogP contribution in [0.3, 0.4) is 0 Å². The minimum absolute atomic E-state index is 0.193. The van der Waals surface area contributed by atoms with E-state index in [-0.39, 0.29) is 17.3 Å². The average molecular weight is 590 g/mol. The SMILES string of the molecule is Cc1ccc2c(c1)c(C(=O)Oc1ccc(Cl)cc1Cl)c1ccccc1[n+]2CC(=O)O.O=S(=O)([O-])C(F)(F)F. The number of fused-ring (bicyclic) bond motifs is 2. The van der Waals surface area contributed by atoms with Crippen LogP contribution >= 0.6 is 23.2 Å². The van der Waals surface area contributed by atoms with E-state index in [1.807, 2.05) is 25.1 Å². The number of carbonyl (C=O) groups is 2. The molecule has 0 saturated carbocycles. The number of alkyl halides is 3. The Morgan fingerprint density at radius 3 is 2.18 bits per heavy atom. The molecule has 1 N–H and O–H groups in total. The molecule has 14 heteroatoms. The van der Waals surface area contributed by atoms with Crippen LogP contribution in [0, 0.1) is 6.92 Å². The number of aliphatic carboxylic acids is 1. The number of hydrogen-bond acceptors (Lipinski definition) is 6. The maximum absolute atomic E-state index is 13.3. The van der Waals surface area contributed by atoms with Crippen LogP contribution < -0.4 is 9.30 Å². The highest BCUT2D eigenvalue weighted by Crippen LogP contribution is 2.31. The lowest BCUT2D eigenvalue weighted by Crippen LogP contribution is -2.40. The molecule has 0 radical (unpaired) electrons. The maximum atomic E-state index is 13.3. The van der Waals surface area contributed by atoms with Crippen molar-refractivity contribution in [2.24, 2.45) is 0 Å². The molecule has 3 aromatic carbocycles. The number of halogens is 5. The van der Waals surface area contributed by atoms with Crippen LogP contribution in [0.4, 0.5) is 13.2 Å². The summed E-state index contributed by atoms with van der Waals surface area (Å²) in [5.41, 5.74) is -3.14. The van der Waals surface area contributed by atoms with Gasteiger partial charge in [-0.15, -0.1) is 0 Å². The normalized spacial score (nSPS) is 11.7. The number of pyridine rings is 1. The molecule has 0 atom stereocenters. The highest BCUT2D eigenvalue weighted by Gasteiger charge is 2.37. The third kappa shape index (κ3) is 6.51. The van der Waals surface area contributed by atoms with E-state index in [9.17, 15) is 27.9 Å². The number of rotatable bonds is 4. The molecule has 8 nitrogen and oxygen atoms in total. The van der Waals surface area contributed by atoms with E-state index in [4.69, 9.17) is 40.9 Å². The minimum Gasteiger partial charge on any atom is -0.741 e. The molecular formula is C24H16Cl2F3NO7S. The minimum atomic E-state index is -6.09. The highest BCUT2D eigenvalue weighted by molar-refractivity contribution is 7.86. The van der Waals surface area contributed by atoms with Crippen molar-refractivity contribution in [2.75, 3.05) is 0 Å². The van der Waals surface area contributed by atoms with E-state index < -0.39 is 27.6 Å². The van der Waals surface area contributed by atoms with Crippen molar-refractivity contribution in [3.8, 4) is 5.75 Å². The molecular weight excluding hydrogens is 574 g/mol. The lowest BCUT2D eigenvalue weighted by molar-refractivity contribution is -0.633. The Bertz CT molecular complexity index is 1680. The summed E-state index contributed by atoms with van der Waals surface area (Å²) in [5.74, 6) is -1.37. The van der Waals surface area contributed by atoms with Crippen molar-refractivity contribution < 1.29 is 50.1 Å². The van der Waals surface area contributed by atoms with Gasteiger partial charge >= 0.3 is 17.4 Å². The monoisotopic (exact) mass is 589 g/mol. The standard InChI is InChI=1S/C23H15Cl2NO4.CHF3O3S/c1-13-6-8-19-16(10-13)22(23(29)30-20-9-7-14(24)11-17(20)25)15-4-2-3-5-18(15)26(19)12-21(27)28;2-1(3,4)8(5,6)7/h2-11H,12H2,1H3;(H,5,6,7). The summed E-state index contributed by atoms with van der Waals surface area (Å²) in [4.78, 5) is 24.8. The lowest BCUT2D eigenvalue weighted by Gasteiger charge is -2.12. The first-order valence-corrected chi connectivity index (χ1v) is 12.5. The number of carbonyl (C=O) groups excluding carboxylic acids is 1. The van der Waals surface area contributed by atoms with Gasteiger partial charge in [0.1, 0.15) is 5.75 Å². The summed E-state index contributed by atoms with van der Waals surface area (Å²) in [5, 5.41) is 11.3. The highest BCUT2D eigenvalue weighted by atomic mass is 35.5. The zero-order valence-electron chi connectivity index (χ0n) is 19.1. The molecule has 0 saturated heterocycles. The van der Waals surface area contributed by atoms with Gasteiger partial charge in [0.2, 0.25) is 17.6 Å². The van der Waals surface area contributed by atoms with Crippen LogP contribution in [0.15, 0.2) is 60.7 Å². The van der Waals surface area contributed by atoms with Crippen molar-refractivity contribution in [3.05, 3.63) is 81.8 Å². The van der Waals surface area contributed by atoms with Gasteiger partial charge in [0.05, 0.1) is 21.4 Å². The quantitative estimate of drug-likeness (QED) is 0.0860. The van der Waals surface area contributed by atoms with Gasteiger partial charge in [-0.1, -0.05) is 47.0 Å². The van der Waals surface area contributed by atoms with E-state index in [1.54, 1.807) is 34.9 Å². The average Bonchev–Trinajstić information content (AvgIpc) is 2.79. The van der Waals surface area contributed by atoms with Gasteiger partial charge < -0.3 is 14.4 Å². The number of carboxylic acid groups (broad SMARTS) is 1. The summed E-state index contributed by atoms with van der Waals surface area (Å²) in [7, 11) is -6.09. The number of esters is 1. The second-order valence-corrected chi connectivity index (χ2v) is 9.97. The molecule has 1 aromatic heterocycles. The number of para-hydroxylation sites is 1. The molecule has 4 aromatic rings. The molecule has 200 valence electrons. The zero-order valence-corrected chi connectivity index (χ0v) is 21.5. The first-order valence-electron chi connectivity index (χ1n) is 10.4. The molecule has 0 fully saturated rings. The molecule has 0 aliphatic rings. The summed E-state index contributed by atoms with van der Waals surface area (Å²) in [6.45, 7) is 1.67. The van der Waals surface area contributed by atoms with E-state index in [0.29, 0.717) is 32.4 Å². The Kier molecular flexibility index (Phi) is 8.52. The molecule has 0 spiro atoms. The van der Waals surface area contributed by atoms with Crippen LogP contribution in [-0.2, 0) is 21.5 Å². The van der Waals surface area contributed by atoms with Crippen molar-refractivity contribution >= 4 is 67.1 Å². The van der Waals surface area contributed by atoms with Crippen LogP contribution in [-0.4, -0.2) is 35.5 Å². The summed E-state index contributed by atoms with van der Waals surface area (Å²) in [6.07, 6.45) is 0. The first kappa shape index (κ1) is 29.1. The molecule has 0 amide bonds. The Hall–Kier alpha value is -3.45. The number of benzene rings is 3. The third-order valence-corrected chi connectivity index (χ3v) is 6.15. The lowest BCUT2D eigenvalue weighted by atomic mass is 10.00. The first-order chi connectivity index (χ1) is 17.6. The van der Waals surface area contributed by atoms with Gasteiger partial charge in [-0.05, 0) is 37.3 Å². The zero-order chi connectivity index (χ0) is 28.4. The molecule has 0 aliphatic carbocycles. The van der Waals surface area contributed by atoms with E-state index in [2.05, 4.69) is 0 Å². The summed E-state index contributed by atoms with van der Waals surface area (Å²) < 4.78 is 66.2. The molecule has 0 bridgehead atoms. The predicted molar refractivity (Wildman–Crippen MR) is 131 cm³/mol. The number of hydrogen-bond donors (Lipinski definition) is 1. The predicted octanol–water partition coefficient (Wildman–Crippen LogP) is 5.25. The Morgan fingerprint density at radius 2 is 1.61 bits per heavy atom. The summed E-state index contributed by atoms with van der Waals surface area (Å²) >= 11 is 12.1. The Balaban J connectivity index is 0.000000436. The fourth-order valence-electron chi connectivity index (χ4n) is 3.52. The molecule has 0 aliphatic heterocycles. The van der Waals surface area contributed by atoms with E-state index in [1.165, 1.54) is 12.1 Å². The Morgan fingerprint density at radius 1 is 1.00 bits per heavy atom. The molecule has 1 heterocycles. The third-order valence-electron chi connectivity index (χ3n) is 5.05. The van der Waals surface area contributed by atoms with Gasteiger partial charge in [0, 0.05) is 17.2 Å². The summed E-state index contributed by atoms with van der Waals surface area (Å²) in [6, 6.07) is 17.3. The van der Waals surface area contributed by atoms with Crippen molar-refractivity contribution in [2.45, 2.75) is 19.0 Å². The van der Waals surface area contributed by atoms with E-state index >= 15 is 0 Å². The van der Waals surface area contributed by atoms with Gasteiger partial charge in [-0.2, -0.15) is 17.7 Å². The maximum Gasteiger partial charge on any atom is 0.485 e. The number of nitrogens with zero attached hydrogens (tertiary/aromatic N) is 1. The second kappa shape index (κ2) is 11.1. The van der Waals surface area contributed by atoms with Crippen molar-refractivity contribution in [1.82, 2.24) is 0 Å². The Labute approximate surface area is 223 Å². The molecule has 38 heavy (non-hydrogen) atoms. The number of ether oxygens (including phenoxy) is 1. The van der Waals surface area contributed by atoms with Crippen LogP contribution in [0.25, 0.3) is 21.8 Å². The second-order valence-electron chi connectivity index (χ2n) is 7.76. The molecule has 4 rings (SSSR count). The van der Waals surface area contributed by atoms with E-state index in [0.717, 1.165) is 5.56 Å². The van der Waals surface area contributed by atoms with Crippen LogP contribution in [0.2, 0.25) is 10.0 Å². The topological polar surface area (TPSA) is 125 Å². The van der Waals surface area contributed by atoms with Crippen molar-refractivity contribution in [1.29, 1.82) is 0 Å². The smallest absolute Gasteiger partial charge is 0.485 e. The van der Waals surface area contributed by atoms with Gasteiger partial charge in [0.15, 0.2) is 10.1 Å². The van der Waals surface area contributed by atoms with Gasteiger partial charge in [-0.3, -0.25) is 0 Å².